The first-order valence-corrected chi connectivity index (χ1v) is 5.90. The predicted octanol–water partition coefficient (Wildman–Crippen LogP) is 1.93. The van der Waals surface area contributed by atoms with E-state index in [0.717, 1.165) is 6.42 Å². The molecule has 17 heavy (non-hydrogen) atoms. The van der Waals surface area contributed by atoms with Crippen LogP contribution in [0, 0.1) is 5.92 Å². The van der Waals surface area contributed by atoms with E-state index in [-0.39, 0.29) is 17.5 Å². The lowest BCUT2D eigenvalue weighted by Gasteiger charge is -2.35. The number of nitrogens with zero attached hydrogens (tertiary/aromatic N) is 1. The number of rotatable bonds is 5. The van der Waals surface area contributed by atoms with E-state index < -0.39 is 12.0 Å². The van der Waals surface area contributed by atoms with E-state index in [4.69, 9.17) is 5.11 Å². The Morgan fingerprint density at radius 2 is 1.82 bits per heavy atom. The Labute approximate surface area is 103 Å². The minimum atomic E-state index is -1.00. The maximum Gasteiger partial charge on any atom is 0.326 e. The van der Waals surface area contributed by atoms with Crippen LogP contribution < -0.4 is 5.32 Å². The number of urea groups is 1. The monoisotopic (exact) mass is 244 g/mol. The normalized spacial score (nSPS) is 13.4. The number of amides is 2. The molecule has 0 aromatic heterocycles. The van der Waals surface area contributed by atoms with E-state index in [1.165, 1.54) is 0 Å². The van der Waals surface area contributed by atoms with Crippen molar-refractivity contribution in [3.05, 3.63) is 0 Å². The molecule has 5 nitrogen and oxygen atoms in total. The molecule has 5 heteroatoms. The van der Waals surface area contributed by atoms with E-state index in [1.807, 2.05) is 20.8 Å². The third-order valence-corrected chi connectivity index (χ3v) is 3.29. The smallest absolute Gasteiger partial charge is 0.326 e. The summed E-state index contributed by atoms with van der Waals surface area (Å²) in [4.78, 5) is 24.5. The Kier molecular flexibility index (Phi) is 5.45. The summed E-state index contributed by atoms with van der Waals surface area (Å²) >= 11 is 0. The van der Waals surface area contributed by atoms with E-state index in [1.54, 1.807) is 25.8 Å². The summed E-state index contributed by atoms with van der Waals surface area (Å²) in [6, 6.07) is -1.20. The summed E-state index contributed by atoms with van der Waals surface area (Å²) in [5.41, 5.74) is -0.288. The number of hydrogen-bond acceptors (Lipinski definition) is 2. The van der Waals surface area contributed by atoms with Gasteiger partial charge in [0, 0.05) is 12.6 Å². The van der Waals surface area contributed by atoms with Gasteiger partial charge in [-0.1, -0.05) is 20.8 Å². The molecular formula is C12H24N2O3. The molecule has 0 aliphatic carbocycles. The molecule has 0 saturated carbocycles. The molecule has 0 aromatic rings. The number of carbonyl (C=O) groups is 2. The van der Waals surface area contributed by atoms with Crippen molar-refractivity contribution in [2.75, 3.05) is 7.05 Å². The molecule has 0 saturated heterocycles. The number of carboxylic acid groups (broad SMARTS) is 1. The van der Waals surface area contributed by atoms with Gasteiger partial charge in [0.1, 0.15) is 6.04 Å². The second-order valence-corrected chi connectivity index (χ2v) is 5.23. The van der Waals surface area contributed by atoms with Crippen LogP contribution in [0.4, 0.5) is 4.79 Å². The van der Waals surface area contributed by atoms with Gasteiger partial charge in [0.25, 0.3) is 0 Å². The van der Waals surface area contributed by atoms with E-state index in [9.17, 15) is 9.59 Å². The molecule has 0 unspecified atom stereocenters. The lowest BCUT2D eigenvalue weighted by Crippen LogP contribution is -2.54. The Bertz CT molecular complexity index is 287. The van der Waals surface area contributed by atoms with Crippen molar-refractivity contribution in [1.82, 2.24) is 10.2 Å². The predicted molar refractivity (Wildman–Crippen MR) is 66.9 cm³/mol. The number of hydrogen-bond donors (Lipinski definition) is 2. The first-order chi connectivity index (χ1) is 7.63. The molecule has 2 amide bonds. The number of aliphatic carboxylic acids is 1. The fourth-order valence-corrected chi connectivity index (χ4v) is 1.26. The molecule has 0 radical (unpaired) electrons. The van der Waals surface area contributed by atoms with Crippen molar-refractivity contribution >= 4 is 12.0 Å². The Balaban J connectivity index is 4.68. The first kappa shape index (κ1) is 15.7. The highest BCUT2D eigenvalue weighted by Crippen LogP contribution is 2.16. The average Bonchev–Trinajstić information content (AvgIpc) is 2.23. The molecule has 100 valence electrons. The third-order valence-electron chi connectivity index (χ3n) is 3.29. The molecule has 0 rings (SSSR count). The summed E-state index contributed by atoms with van der Waals surface area (Å²) in [6.45, 7) is 9.41. The lowest BCUT2D eigenvalue weighted by molar-refractivity contribution is -0.140. The average molecular weight is 244 g/mol. The lowest BCUT2D eigenvalue weighted by atomic mass is 10.00. The van der Waals surface area contributed by atoms with Gasteiger partial charge < -0.3 is 15.3 Å². The SMILES string of the molecule is CCC(C)(C)N(C)C(=O)N[C@H](C(=O)O)C(C)C. The van der Waals surface area contributed by atoms with Crippen LogP contribution in [0.2, 0.25) is 0 Å². The van der Waals surface area contributed by atoms with Crippen LogP contribution in [0.3, 0.4) is 0 Å². The number of carboxylic acids is 1. The van der Waals surface area contributed by atoms with E-state index >= 15 is 0 Å². The topological polar surface area (TPSA) is 69.6 Å². The van der Waals surface area contributed by atoms with Gasteiger partial charge in [0.2, 0.25) is 0 Å². The molecule has 2 N–H and O–H groups in total. The highest BCUT2D eigenvalue weighted by Gasteiger charge is 2.30. The van der Waals surface area contributed by atoms with Gasteiger partial charge >= 0.3 is 12.0 Å². The van der Waals surface area contributed by atoms with Crippen molar-refractivity contribution in [3.63, 3.8) is 0 Å². The molecule has 0 aliphatic heterocycles. The quantitative estimate of drug-likeness (QED) is 0.776. The Hall–Kier alpha value is -1.26. The standard InChI is InChI=1S/C12H24N2O3/c1-7-12(4,5)14(6)11(17)13-9(8(2)3)10(15)16/h8-9H,7H2,1-6H3,(H,13,17)(H,15,16)/t9-/m0/s1. The second-order valence-electron chi connectivity index (χ2n) is 5.23. The summed E-state index contributed by atoms with van der Waals surface area (Å²) < 4.78 is 0. The molecule has 0 aromatic carbocycles. The molecule has 0 aliphatic rings. The summed E-state index contributed by atoms with van der Waals surface area (Å²) in [5.74, 6) is -1.15. The summed E-state index contributed by atoms with van der Waals surface area (Å²) in [6.07, 6.45) is 0.802. The fourth-order valence-electron chi connectivity index (χ4n) is 1.26. The van der Waals surface area contributed by atoms with E-state index in [2.05, 4.69) is 5.32 Å². The van der Waals surface area contributed by atoms with Gasteiger partial charge in [0.15, 0.2) is 0 Å². The number of nitrogens with one attached hydrogen (secondary N) is 1. The van der Waals surface area contributed by atoms with Crippen molar-refractivity contribution in [3.8, 4) is 0 Å². The molecule has 0 spiro atoms. The van der Waals surface area contributed by atoms with Gasteiger partial charge in [-0.05, 0) is 26.2 Å². The van der Waals surface area contributed by atoms with Crippen molar-refractivity contribution < 1.29 is 14.7 Å². The van der Waals surface area contributed by atoms with E-state index in [0.29, 0.717) is 0 Å². The second kappa shape index (κ2) is 5.89. The van der Waals surface area contributed by atoms with Crippen LogP contribution in [0.5, 0.6) is 0 Å². The van der Waals surface area contributed by atoms with Gasteiger partial charge in [-0.15, -0.1) is 0 Å². The maximum atomic E-state index is 11.9. The molecular weight excluding hydrogens is 220 g/mol. The molecule has 1 atom stereocenters. The van der Waals surface area contributed by atoms with Gasteiger partial charge in [-0.2, -0.15) is 0 Å². The maximum absolute atomic E-state index is 11.9. The Morgan fingerprint density at radius 3 is 2.12 bits per heavy atom. The fraction of sp³-hybridized carbons (Fsp3) is 0.833. The van der Waals surface area contributed by atoms with Crippen LogP contribution >= 0.6 is 0 Å². The highest BCUT2D eigenvalue weighted by molar-refractivity contribution is 5.83. The first-order valence-electron chi connectivity index (χ1n) is 5.90. The summed E-state index contributed by atoms with van der Waals surface area (Å²) in [7, 11) is 1.68. The van der Waals surface area contributed by atoms with Crippen LogP contribution in [0.15, 0.2) is 0 Å². The number of carbonyl (C=O) groups excluding carboxylic acids is 1. The minimum absolute atomic E-state index is 0.144. The van der Waals surface area contributed by atoms with Crippen molar-refractivity contribution in [1.29, 1.82) is 0 Å². The van der Waals surface area contributed by atoms with Crippen LogP contribution in [0.25, 0.3) is 0 Å². The van der Waals surface area contributed by atoms with Crippen LogP contribution in [-0.4, -0.2) is 40.6 Å². The van der Waals surface area contributed by atoms with Gasteiger partial charge in [0.05, 0.1) is 0 Å². The van der Waals surface area contributed by atoms with Gasteiger partial charge in [-0.25, -0.2) is 9.59 Å². The largest absolute Gasteiger partial charge is 0.480 e. The third kappa shape index (κ3) is 4.24. The molecule has 0 bridgehead atoms. The van der Waals surface area contributed by atoms with Crippen molar-refractivity contribution in [2.24, 2.45) is 5.92 Å². The zero-order chi connectivity index (χ0) is 13.8. The molecule has 0 heterocycles. The van der Waals surface area contributed by atoms with Crippen molar-refractivity contribution in [2.45, 2.75) is 52.6 Å². The minimum Gasteiger partial charge on any atom is -0.480 e. The van der Waals surface area contributed by atoms with Crippen LogP contribution in [0.1, 0.15) is 41.0 Å². The highest BCUT2D eigenvalue weighted by atomic mass is 16.4. The Morgan fingerprint density at radius 1 is 1.35 bits per heavy atom. The summed E-state index contributed by atoms with van der Waals surface area (Å²) in [5, 5.41) is 11.5. The van der Waals surface area contributed by atoms with Crippen LogP contribution in [-0.2, 0) is 4.79 Å². The zero-order valence-corrected chi connectivity index (χ0v) is 11.6. The zero-order valence-electron chi connectivity index (χ0n) is 11.6. The van der Waals surface area contributed by atoms with Gasteiger partial charge in [-0.3, -0.25) is 0 Å². The molecule has 0 fully saturated rings.